The summed E-state index contributed by atoms with van der Waals surface area (Å²) in [5.41, 5.74) is 5.76. The maximum absolute atomic E-state index is 11.3. The zero-order chi connectivity index (χ0) is 12.7. The van der Waals surface area contributed by atoms with Gasteiger partial charge in [-0.15, -0.1) is 0 Å². The highest BCUT2D eigenvalue weighted by molar-refractivity contribution is 5.75. The summed E-state index contributed by atoms with van der Waals surface area (Å²) in [5, 5.41) is 0. The lowest BCUT2D eigenvalue weighted by atomic mass is 10.1. The summed E-state index contributed by atoms with van der Waals surface area (Å²) in [6.07, 6.45) is 2.77. The molecule has 0 aromatic rings. The second-order valence-electron chi connectivity index (χ2n) is 4.47. The first-order chi connectivity index (χ1) is 8.15. The van der Waals surface area contributed by atoms with Gasteiger partial charge in [-0.1, -0.05) is 0 Å². The topological polar surface area (TPSA) is 64.8 Å². The zero-order valence-corrected chi connectivity index (χ0v) is 10.9. The number of esters is 1. The SMILES string of the molecule is CCOC(=O)C(N)CCN(C)C1CCOCC1. The average molecular weight is 244 g/mol. The number of nitrogens with two attached hydrogens (primary N) is 1. The molecule has 2 N–H and O–H groups in total. The Morgan fingerprint density at radius 3 is 2.76 bits per heavy atom. The highest BCUT2D eigenvalue weighted by atomic mass is 16.5. The van der Waals surface area contributed by atoms with Crippen molar-refractivity contribution in [3.63, 3.8) is 0 Å². The molecule has 17 heavy (non-hydrogen) atoms. The lowest BCUT2D eigenvalue weighted by Gasteiger charge is -2.31. The minimum absolute atomic E-state index is 0.298. The molecule has 1 unspecified atom stereocenters. The summed E-state index contributed by atoms with van der Waals surface area (Å²) in [6.45, 7) is 4.67. The van der Waals surface area contributed by atoms with Gasteiger partial charge < -0.3 is 20.1 Å². The lowest BCUT2D eigenvalue weighted by Crippen LogP contribution is -2.41. The molecule has 0 amide bonds. The minimum Gasteiger partial charge on any atom is -0.465 e. The molecule has 0 aromatic heterocycles. The van der Waals surface area contributed by atoms with Gasteiger partial charge in [0.1, 0.15) is 6.04 Å². The van der Waals surface area contributed by atoms with Crippen molar-refractivity contribution in [2.24, 2.45) is 5.73 Å². The van der Waals surface area contributed by atoms with Crippen molar-refractivity contribution < 1.29 is 14.3 Å². The highest BCUT2D eigenvalue weighted by Gasteiger charge is 2.20. The van der Waals surface area contributed by atoms with Crippen LogP contribution in [0, 0.1) is 0 Å². The van der Waals surface area contributed by atoms with E-state index in [0.717, 1.165) is 32.6 Å². The predicted octanol–water partition coefficient (Wildman–Crippen LogP) is 0.378. The Balaban J connectivity index is 2.22. The summed E-state index contributed by atoms with van der Waals surface area (Å²) in [4.78, 5) is 13.6. The molecule has 1 heterocycles. The molecule has 5 nitrogen and oxygen atoms in total. The number of hydrogen-bond acceptors (Lipinski definition) is 5. The summed E-state index contributed by atoms with van der Waals surface area (Å²) in [6, 6.07) is 0.0513. The third kappa shape index (κ3) is 5.02. The third-order valence-electron chi connectivity index (χ3n) is 3.20. The predicted molar refractivity (Wildman–Crippen MR) is 65.7 cm³/mol. The first-order valence-electron chi connectivity index (χ1n) is 6.35. The minimum atomic E-state index is -0.503. The summed E-state index contributed by atoms with van der Waals surface area (Å²) in [7, 11) is 2.08. The Morgan fingerprint density at radius 2 is 2.18 bits per heavy atom. The average Bonchev–Trinajstić information content (AvgIpc) is 2.36. The van der Waals surface area contributed by atoms with Gasteiger partial charge in [0.15, 0.2) is 0 Å². The van der Waals surface area contributed by atoms with E-state index in [-0.39, 0.29) is 5.97 Å². The Kier molecular flexibility index (Phi) is 6.47. The summed E-state index contributed by atoms with van der Waals surface area (Å²) < 4.78 is 10.2. The van der Waals surface area contributed by atoms with E-state index < -0.39 is 6.04 Å². The fourth-order valence-corrected chi connectivity index (χ4v) is 2.02. The Hall–Kier alpha value is -0.650. The zero-order valence-electron chi connectivity index (χ0n) is 10.9. The smallest absolute Gasteiger partial charge is 0.322 e. The van der Waals surface area contributed by atoms with Crippen LogP contribution in [-0.2, 0) is 14.3 Å². The van der Waals surface area contributed by atoms with Crippen LogP contribution in [-0.4, -0.2) is 56.4 Å². The number of rotatable bonds is 6. The molecule has 1 aliphatic rings. The second kappa shape index (κ2) is 7.63. The van der Waals surface area contributed by atoms with E-state index in [2.05, 4.69) is 11.9 Å². The summed E-state index contributed by atoms with van der Waals surface area (Å²) in [5.74, 6) is -0.298. The van der Waals surface area contributed by atoms with E-state index in [1.54, 1.807) is 6.92 Å². The Labute approximate surface area is 103 Å². The number of carbonyl (C=O) groups excluding carboxylic acids is 1. The molecule has 0 aromatic carbocycles. The molecule has 0 aliphatic carbocycles. The maximum atomic E-state index is 11.3. The van der Waals surface area contributed by atoms with Crippen molar-refractivity contribution in [1.82, 2.24) is 4.90 Å². The Morgan fingerprint density at radius 1 is 1.53 bits per heavy atom. The van der Waals surface area contributed by atoms with Gasteiger partial charge in [-0.25, -0.2) is 0 Å². The van der Waals surface area contributed by atoms with Crippen LogP contribution in [0.3, 0.4) is 0 Å². The number of ether oxygens (including phenoxy) is 2. The van der Waals surface area contributed by atoms with E-state index in [0.29, 0.717) is 19.1 Å². The molecular formula is C12H24N2O3. The molecule has 1 rings (SSSR count). The van der Waals surface area contributed by atoms with Crippen LogP contribution in [0.5, 0.6) is 0 Å². The quantitative estimate of drug-likeness (QED) is 0.684. The van der Waals surface area contributed by atoms with Crippen molar-refractivity contribution >= 4 is 5.97 Å². The van der Waals surface area contributed by atoms with Crippen LogP contribution in [0.15, 0.2) is 0 Å². The molecular weight excluding hydrogens is 220 g/mol. The monoisotopic (exact) mass is 244 g/mol. The van der Waals surface area contributed by atoms with Crippen LogP contribution >= 0.6 is 0 Å². The van der Waals surface area contributed by atoms with E-state index in [4.69, 9.17) is 15.2 Å². The van der Waals surface area contributed by atoms with Crippen molar-refractivity contribution in [2.45, 2.75) is 38.3 Å². The standard InChI is InChI=1S/C12H24N2O3/c1-3-17-12(15)11(13)4-7-14(2)10-5-8-16-9-6-10/h10-11H,3-9,13H2,1-2H3. The fraction of sp³-hybridized carbons (Fsp3) is 0.917. The van der Waals surface area contributed by atoms with Gasteiger partial charge >= 0.3 is 5.97 Å². The summed E-state index contributed by atoms with van der Waals surface area (Å²) >= 11 is 0. The van der Waals surface area contributed by atoms with Crippen LogP contribution in [0.25, 0.3) is 0 Å². The van der Waals surface area contributed by atoms with E-state index in [1.807, 2.05) is 0 Å². The van der Waals surface area contributed by atoms with E-state index >= 15 is 0 Å². The maximum Gasteiger partial charge on any atom is 0.322 e. The molecule has 0 bridgehead atoms. The molecule has 5 heteroatoms. The molecule has 100 valence electrons. The van der Waals surface area contributed by atoms with Crippen molar-refractivity contribution in [3.8, 4) is 0 Å². The first-order valence-corrected chi connectivity index (χ1v) is 6.35. The molecule has 0 saturated carbocycles. The van der Waals surface area contributed by atoms with E-state index in [9.17, 15) is 4.79 Å². The van der Waals surface area contributed by atoms with Crippen LogP contribution < -0.4 is 5.73 Å². The van der Waals surface area contributed by atoms with Gasteiger partial charge in [0.25, 0.3) is 0 Å². The number of carbonyl (C=O) groups is 1. The molecule has 0 radical (unpaired) electrons. The van der Waals surface area contributed by atoms with Crippen LogP contribution in [0.1, 0.15) is 26.2 Å². The van der Waals surface area contributed by atoms with Crippen molar-refractivity contribution in [3.05, 3.63) is 0 Å². The van der Waals surface area contributed by atoms with E-state index in [1.165, 1.54) is 0 Å². The van der Waals surface area contributed by atoms with Gasteiger partial charge in [0.2, 0.25) is 0 Å². The highest BCUT2D eigenvalue weighted by Crippen LogP contribution is 2.13. The van der Waals surface area contributed by atoms with Gasteiger partial charge in [-0.05, 0) is 33.2 Å². The van der Waals surface area contributed by atoms with Gasteiger partial charge in [0.05, 0.1) is 6.61 Å². The van der Waals surface area contributed by atoms with Gasteiger partial charge in [-0.3, -0.25) is 4.79 Å². The third-order valence-corrected chi connectivity index (χ3v) is 3.20. The van der Waals surface area contributed by atoms with Gasteiger partial charge in [0, 0.05) is 25.8 Å². The van der Waals surface area contributed by atoms with Crippen molar-refractivity contribution in [2.75, 3.05) is 33.4 Å². The largest absolute Gasteiger partial charge is 0.465 e. The van der Waals surface area contributed by atoms with Crippen molar-refractivity contribution in [1.29, 1.82) is 0 Å². The van der Waals surface area contributed by atoms with Crippen LogP contribution in [0.2, 0.25) is 0 Å². The Bertz CT molecular complexity index is 230. The fourth-order valence-electron chi connectivity index (χ4n) is 2.02. The van der Waals surface area contributed by atoms with Crippen LogP contribution in [0.4, 0.5) is 0 Å². The second-order valence-corrected chi connectivity index (χ2v) is 4.47. The molecule has 1 fully saturated rings. The normalized spacial score (nSPS) is 19.3. The first kappa shape index (κ1) is 14.4. The van der Waals surface area contributed by atoms with Gasteiger partial charge in [-0.2, -0.15) is 0 Å². The lowest BCUT2D eigenvalue weighted by molar-refractivity contribution is -0.144. The molecule has 1 saturated heterocycles. The number of hydrogen-bond donors (Lipinski definition) is 1. The molecule has 1 aliphatic heterocycles. The number of nitrogens with zero attached hydrogens (tertiary/aromatic N) is 1. The molecule has 0 spiro atoms. The molecule has 1 atom stereocenters.